The highest BCUT2D eigenvalue weighted by molar-refractivity contribution is 9.10. The second kappa shape index (κ2) is 8.69. The van der Waals surface area contributed by atoms with Gasteiger partial charge >= 0.3 is 0 Å². The zero-order valence-electron chi connectivity index (χ0n) is 13.8. The van der Waals surface area contributed by atoms with E-state index >= 15 is 0 Å². The molecular formula is C20H13Br2ClN2O2. The molecule has 0 aliphatic rings. The summed E-state index contributed by atoms with van der Waals surface area (Å²) in [7, 11) is 0. The first-order valence-corrected chi connectivity index (χ1v) is 9.82. The monoisotopic (exact) mass is 506 g/mol. The molecule has 0 saturated heterocycles. The van der Waals surface area contributed by atoms with Crippen LogP contribution in [0.5, 0.6) is 0 Å². The molecule has 0 atom stereocenters. The van der Waals surface area contributed by atoms with E-state index in [0.717, 1.165) is 8.95 Å². The summed E-state index contributed by atoms with van der Waals surface area (Å²) in [6, 6.07) is 19.0. The van der Waals surface area contributed by atoms with Crippen LogP contribution in [0.1, 0.15) is 20.7 Å². The fourth-order valence-corrected chi connectivity index (χ4v) is 3.14. The predicted octanol–water partition coefficient (Wildman–Crippen LogP) is 6.37. The number of carbonyl (C=O) groups is 2. The second-order valence-electron chi connectivity index (χ2n) is 5.62. The molecule has 0 radical (unpaired) electrons. The molecule has 2 amide bonds. The average molecular weight is 509 g/mol. The number of hydrogen-bond acceptors (Lipinski definition) is 2. The number of anilines is 2. The van der Waals surface area contributed by atoms with Crippen molar-refractivity contribution in [2.45, 2.75) is 0 Å². The third-order valence-corrected chi connectivity index (χ3v) is 5.03. The van der Waals surface area contributed by atoms with E-state index in [-0.39, 0.29) is 11.8 Å². The van der Waals surface area contributed by atoms with Crippen molar-refractivity contribution in [1.29, 1.82) is 0 Å². The maximum absolute atomic E-state index is 12.4. The van der Waals surface area contributed by atoms with Crippen molar-refractivity contribution in [2.24, 2.45) is 0 Å². The first-order valence-electron chi connectivity index (χ1n) is 7.86. The van der Waals surface area contributed by atoms with Gasteiger partial charge in [-0.1, -0.05) is 43.5 Å². The number of halogens is 3. The van der Waals surface area contributed by atoms with Gasteiger partial charge in [0.15, 0.2) is 0 Å². The molecule has 7 heteroatoms. The molecule has 0 spiro atoms. The van der Waals surface area contributed by atoms with Gasteiger partial charge in [0.25, 0.3) is 11.8 Å². The summed E-state index contributed by atoms with van der Waals surface area (Å²) in [5.74, 6) is -0.520. The van der Waals surface area contributed by atoms with Crippen LogP contribution in [0.15, 0.2) is 75.7 Å². The van der Waals surface area contributed by atoms with Gasteiger partial charge in [-0.05, 0) is 66.7 Å². The minimum atomic E-state index is -0.312. The topological polar surface area (TPSA) is 58.2 Å². The van der Waals surface area contributed by atoms with Crippen molar-refractivity contribution in [3.63, 3.8) is 0 Å². The fraction of sp³-hybridized carbons (Fsp3) is 0. The first-order chi connectivity index (χ1) is 12.9. The quantitative estimate of drug-likeness (QED) is 0.430. The summed E-state index contributed by atoms with van der Waals surface area (Å²) in [6.07, 6.45) is 0. The molecule has 136 valence electrons. The smallest absolute Gasteiger partial charge is 0.257 e. The van der Waals surface area contributed by atoms with Crippen molar-refractivity contribution >= 4 is 66.6 Å². The Morgan fingerprint density at radius 1 is 0.704 bits per heavy atom. The fourth-order valence-electron chi connectivity index (χ4n) is 2.31. The van der Waals surface area contributed by atoms with E-state index in [1.54, 1.807) is 66.7 Å². The molecule has 3 aromatic rings. The van der Waals surface area contributed by atoms with Crippen LogP contribution in [0.4, 0.5) is 11.4 Å². The van der Waals surface area contributed by atoms with E-state index < -0.39 is 0 Å². The number of nitrogens with one attached hydrogen (secondary N) is 2. The minimum Gasteiger partial charge on any atom is -0.322 e. The lowest BCUT2D eigenvalue weighted by molar-refractivity contribution is 0.101. The molecule has 27 heavy (non-hydrogen) atoms. The molecule has 0 aromatic heterocycles. The van der Waals surface area contributed by atoms with E-state index in [1.807, 2.05) is 0 Å². The Morgan fingerprint density at radius 3 is 1.81 bits per heavy atom. The van der Waals surface area contributed by atoms with Crippen molar-refractivity contribution < 1.29 is 9.59 Å². The Bertz CT molecular complexity index is 990. The molecule has 3 rings (SSSR count). The number of rotatable bonds is 4. The molecular weight excluding hydrogens is 495 g/mol. The summed E-state index contributed by atoms with van der Waals surface area (Å²) in [4.78, 5) is 24.6. The SMILES string of the molecule is O=C(Nc1ccc(NC(=O)c2cc(Br)ccc2Cl)cc1)c1ccc(Br)cc1. The molecule has 4 nitrogen and oxygen atoms in total. The van der Waals surface area contributed by atoms with Crippen LogP contribution in [0, 0.1) is 0 Å². The zero-order valence-corrected chi connectivity index (χ0v) is 17.7. The first kappa shape index (κ1) is 19.6. The highest BCUT2D eigenvalue weighted by atomic mass is 79.9. The van der Waals surface area contributed by atoms with Crippen molar-refractivity contribution in [3.8, 4) is 0 Å². The molecule has 0 fully saturated rings. The third-order valence-electron chi connectivity index (χ3n) is 3.68. The average Bonchev–Trinajstić information content (AvgIpc) is 2.65. The van der Waals surface area contributed by atoms with Gasteiger partial charge in [-0.3, -0.25) is 9.59 Å². The van der Waals surface area contributed by atoms with Crippen LogP contribution in [0.25, 0.3) is 0 Å². The van der Waals surface area contributed by atoms with Crippen LogP contribution in [0.2, 0.25) is 5.02 Å². The number of benzene rings is 3. The predicted molar refractivity (Wildman–Crippen MR) is 116 cm³/mol. The summed E-state index contributed by atoms with van der Waals surface area (Å²) < 4.78 is 1.67. The van der Waals surface area contributed by atoms with E-state index in [1.165, 1.54) is 0 Å². The van der Waals surface area contributed by atoms with E-state index in [2.05, 4.69) is 42.5 Å². The van der Waals surface area contributed by atoms with Crippen molar-refractivity contribution in [1.82, 2.24) is 0 Å². The maximum Gasteiger partial charge on any atom is 0.257 e. The maximum atomic E-state index is 12.4. The molecule has 0 aliphatic carbocycles. The number of carbonyl (C=O) groups excluding carboxylic acids is 2. The number of hydrogen-bond donors (Lipinski definition) is 2. The molecule has 0 aliphatic heterocycles. The largest absolute Gasteiger partial charge is 0.322 e. The second-order valence-corrected chi connectivity index (χ2v) is 7.86. The summed E-state index contributed by atoms with van der Waals surface area (Å²) in [5.41, 5.74) is 2.15. The minimum absolute atomic E-state index is 0.208. The third kappa shape index (κ3) is 5.19. The Balaban J connectivity index is 1.66. The lowest BCUT2D eigenvalue weighted by atomic mass is 10.2. The highest BCUT2D eigenvalue weighted by Crippen LogP contribution is 2.23. The standard InChI is InChI=1S/C20H13Br2ClN2O2/c21-13-3-1-12(2-4-13)19(26)24-15-6-8-16(9-7-15)25-20(27)17-11-14(22)5-10-18(17)23/h1-11H,(H,24,26)(H,25,27). The summed E-state index contributed by atoms with van der Waals surface area (Å²) in [5, 5.41) is 5.96. The van der Waals surface area contributed by atoms with E-state index in [9.17, 15) is 9.59 Å². The van der Waals surface area contributed by atoms with Gasteiger partial charge in [-0.2, -0.15) is 0 Å². The Morgan fingerprint density at radius 2 is 1.22 bits per heavy atom. The molecule has 0 heterocycles. The van der Waals surface area contributed by atoms with Gasteiger partial charge in [0.05, 0.1) is 10.6 Å². The van der Waals surface area contributed by atoms with Crippen LogP contribution in [-0.4, -0.2) is 11.8 Å². The normalized spacial score (nSPS) is 10.3. The summed E-state index contributed by atoms with van der Waals surface area (Å²) in [6.45, 7) is 0. The van der Waals surface area contributed by atoms with Gasteiger partial charge in [0.1, 0.15) is 0 Å². The van der Waals surface area contributed by atoms with Gasteiger partial charge in [0, 0.05) is 25.9 Å². The van der Waals surface area contributed by atoms with Crippen LogP contribution in [0.3, 0.4) is 0 Å². The molecule has 2 N–H and O–H groups in total. The lowest BCUT2D eigenvalue weighted by Crippen LogP contribution is -2.13. The van der Waals surface area contributed by atoms with Crippen molar-refractivity contribution in [3.05, 3.63) is 91.8 Å². The van der Waals surface area contributed by atoms with Crippen LogP contribution in [-0.2, 0) is 0 Å². The van der Waals surface area contributed by atoms with Gasteiger partial charge in [0.2, 0.25) is 0 Å². The van der Waals surface area contributed by atoms with Crippen LogP contribution >= 0.6 is 43.5 Å². The van der Waals surface area contributed by atoms with Gasteiger partial charge in [-0.25, -0.2) is 0 Å². The Hall–Kier alpha value is -2.15. The molecule has 0 saturated carbocycles. The Labute approximate surface area is 178 Å². The number of amides is 2. The molecule has 0 bridgehead atoms. The van der Waals surface area contributed by atoms with Crippen molar-refractivity contribution in [2.75, 3.05) is 10.6 Å². The van der Waals surface area contributed by atoms with Gasteiger partial charge < -0.3 is 10.6 Å². The van der Waals surface area contributed by atoms with E-state index in [4.69, 9.17) is 11.6 Å². The summed E-state index contributed by atoms with van der Waals surface area (Å²) >= 11 is 12.7. The molecule has 3 aromatic carbocycles. The highest BCUT2D eigenvalue weighted by Gasteiger charge is 2.11. The molecule has 0 unspecified atom stereocenters. The van der Waals surface area contributed by atoms with E-state index in [0.29, 0.717) is 27.5 Å². The van der Waals surface area contributed by atoms with Gasteiger partial charge in [-0.15, -0.1) is 0 Å². The van der Waals surface area contributed by atoms with Crippen LogP contribution < -0.4 is 10.6 Å². The lowest BCUT2D eigenvalue weighted by Gasteiger charge is -2.09. The zero-order chi connectivity index (χ0) is 19.4. The Kier molecular flexibility index (Phi) is 6.31.